The minimum absolute atomic E-state index is 0.00917. The number of aliphatic carboxylic acids is 1. The molecule has 0 radical (unpaired) electrons. The fraction of sp³-hybridized carbons (Fsp3) is 0.579. The highest BCUT2D eigenvalue weighted by molar-refractivity contribution is 5.75. The van der Waals surface area contributed by atoms with Gasteiger partial charge in [-0.1, -0.05) is 6.07 Å². The highest BCUT2D eigenvalue weighted by atomic mass is 16.7. The van der Waals surface area contributed by atoms with Crippen molar-refractivity contribution in [2.75, 3.05) is 27.1 Å². The molecule has 2 N–H and O–H groups in total. The van der Waals surface area contributed by atoms with E-state index in [1.54, 1.807) is 12.0 Å². The van der Waals surface area contributed by atoms with E-state index in [2.05, 4.69) is 5.32 Å². The zero-order chi connectivity index (χ0) is 19.2. The molecule has 0 spiro atoms. The number of hydrogen-bond acceptors (Lipinski definition) is 5. The zero-order valence-corrected chi connectivity index (χ0v) is 15.5. The summed E-state index contributed by atoms with van der Waals surface area (Å²) < 4.78 is 15.9. The standard InChI is InChI=1S/C19H26N2O6/c1-25-9-8-21(11-13-2-7-16-17(10-13)27-12-26-16)19(24)20-15-5-3-14(4-6-15)18(22)23/h2,7,10,14-15H,3-6,8-9,11-12H2,1H3,(H,20,24)(H,22,23). The second kappa shape index (κ2) is 8.94. The maximum atomic E-state index is 12.8. The molecule has 1 aliphatic heterocycles. The monoisotopic (exact) mass is 378 g/mol. The predicted molar refractivity (Wildman–Crippen MR) is 96.8 cm³/mol. The van der Waals surface area contributed by atoms with E-state index < -0.39 is 5.97 Å². The number of rotatable bonds is 7. The summed E-state index contributed by atoms with van der Waals surface area (Å²) in [5, 5.41) is 12.1. The van der Waals surface area contributed by atoms with Gasteiger partial charge in [0.25, 0.3) is 0 Å². The lowest BCUT2D eigenvalue weighted by atomic mass is 9.86. The van der Waals surface area contributed by atoms with Crippen LogP contribution in [0.5, 0.6) is 11.5 Å². The van der Waals surface area contributed by atoms with E-state index in [4.69, 9.17) is 19.3 Å². The van der Waals surface area contributed by atoms with Gasteiger partial charge in [0.1, 0.15) is 0 Å². The molecule has 148 valence electrons. The average Bonchev–Trinajstić information content (AvgIpc) is 3.13. The molecule has 3 rings (SSSR count). The van der Waals surface area contributed by atoms with Crippen molar-refractivity contribution in [3.05, 3.63) is 23.8 Å². The van der Waals surface area contributed by atoms with Crippen LogP contribution >= 0.6 is 0 Å². The van der Waals surface area contributed by atoms with E-state index in [0.717, 1.165) is 5.56 Å². The molecule has 0 aromatic heterocycles. The summed E-state index contributed by atoms with van der Waals surface area (Å²) in [5.74, 6) is 0.356. The van der Waals surface area contributed by atoms with Gasteiger partial charge in [0.05, 0.1) is 12.5 Å². The Morgan fingerprint density at radius 3 is 2.67 bits per heavy atom. The van der Waals surface area contributed by atoms with Crippen LogP contribution in [0.3, 0.4) is 0 Å². The maximum absolute atomic E-state index is 12.8. The summed E-state index contributed by atoms with van der Waals surface area (Å²) >= 11 is 0. The van der Waals surface area contributed by atoms with Crippen LogP contribution in [0.4, 0.5) is 4.79 Å². The largest absolute Gasteiger partial charge is 0.481 e. The van der Waals surface area contributed by atoms with Crippen LogP contribution in [0, 0.1) is 5.92 Å². The molecule has 27 heavy (non-hydrogen) atoms. The molecule has 1 aliphatic carbocycles. The number of ether oxygens (including phenoxy) is 3. The SMILES string of the molecule is COCCN(Cc1ccc2c(c1)OCO2)C(=O)NC1CCC(C(=O)O)CC1. The summed E-state index contributed by atoms with van der Waals surface area (Å²) in [6.07, 6.45) is 2.57. The van der Waals surface area contributed by atoms with Gasteiger partial charge in [0.2, 0.25) is 6.79 Å². The number of nitrogens with zero attached hydrogens (tertiary/aromatic N) is 1. The van der Waals surface area contributed by atoms with Gasteiger partial charge < -0.3 is 29.5 Å². The summed E-state index contributed by atoms with van der Waals surface area (Å²) in [6.45, 7) is 1.53. The van der Waals surface area contributed by atoms with Gasteiger partial charge in [-0.05, 0) is 43.4 Å². The molecule has 0 unspecified atom stereocenters. The normalized spacial score (nSPS) is 20.9. The van der Waals surface area contributed by atoms with Crippen LogP contribution in [-0.4, -0.2) is 55.1 Å². The van der Waals surface area contributed by atoms with Crippen LogP contribution in [-0.2, 0) is 16.1 Å². The van der Waals surface area contributed by atoms with Gasteiger partial charge in [0, 0.05) is 26.2 Å². The quantitative estimate of drug-likeness (QED) is 0.755. The van der Waals surface area contributed by atoms with E-state index in [-0.39, 0.29) is 24.8 Å². The van der Waals surface area contributed by atoms with Crippen LogP contribution in [0.25, 0.3) is 0 Å². The Balaban J connectivity index is 1.58. The first-order chi connectivity index (χ1) is 13.1. The Hall–Kier alpha value is -2.48. The van der Waals surface area contributed by atoms with Gasteiger partial charge in [-0.15, -0.1) is 0 Å². The third kappa shape index (κ3) is 5.03. The van der Waals surface area contributed by atoms with Crippen molar-refractivity contribution in [3.8, 4) is 11.5 Å². The van der Waals surface area contributed by atoms with E-state index in [0.29, 0.717) is 56.9 Å². The highest BCUT2D eigenvalue weighted by Crippen LogP contribution is 2.33. The highest BCUT2D eigenvalue weighted by Gasteiger charge is 2.28. The average molecular weight is 378 g/mol. The first kappa shape index (κ1) is 19.3. The topological polar surface area (TPSA) is 97.3 Å². The Labute approximate surface area is 158 Å². The number of carbonyl (C=O) groups excluding carboxylic acids is 1. The Bertz CT molecular complexity index is 672. The molecular formula is C19H26N2O6. The number of benzene rings is 1. The Kier molecular flexibility index (Phi) is 6.39. The molecule has 2 aliphatic rings. The van der Waals surface area contributed by atoms with Crippen molar-refractivity contribution in [1.82, 2.24) is 10.2 Å². The lowest BCUT2D eigenvalue weighted by Crippen LogP contribution is -2.47. The van der Waals surface area contributed by atoms with Crippen LogP contribution < -0.4 is 14.8 Å². The third-order valence-corrected chi connectivity index (χ3v) is 5.07. The zero-order valence-electron chi connectivity index (χ0n) is 15.5. The van der Waals surface area contributed by atoms with Crippen LogP contribution in [0.2, 0.25) is 0 Å². The summed E-state index contributed by atoms with van der Waals surface area (Å²) in [4.78, 5) is 25.5. The number of amides is 2. The Morgan fingerprint density at radius 2 is 1.96 bits per heavy atom. The second-order valence-electron chi connectivity index (χ2n) is 6.94. The van der Waals surface area contributed by atoms with Crippen LogP contribution in [0.1, 0.15) is 31.2 Å². The van der Waals surface area contributed by atoms with E-state index in [1.165, 1.54) is 0 Å². The predicted octanol–water partition coefficient (Wildman–Crippen LogP) is 2.22. The number of carboxylic acids is 1. The van der Waals surface area contributed by atoms with Gasteiger partial charge in [-0.25, -0.2) is 4.79 Å². The lowest BCUT2D eigenvalue weighted by molar-refractivity contribution is -0.142. The summed E-state index contributed by atoms with van der Waals surface area (Å²) in [5.41, 5.74) is 0.945. The first-order valence-corrected chi connectivity index (χ1v) is 9.22. The molecule has 1 fully saturated rings. The molecule has 2 amide bonds. The number of urea groups is 1. The minimum Gasteiger partial charge on any atom is -0.481 e. The number of fused-ring (bicyclic) bond motifs is 1. The molecule has 0 bridgehead atoms. The van der Waals surface area contributed by atoms with E-state index >= 15 is 0 Å². The van der Waals surface area contributed by atoms with Gasteiger partial charge in [0.15, 0.2) is 11.5 Å². The van der Waals surface area contributed by atoms with Crippen molar-refractivity contribution < 1.29 is 28.9 Å². The molecule has 1 saturated carbocycles. The minimum atomic E-state index is -0.746. The first-order valence-electron chi connectivity index (χ1n) is 9.22. The third-order valence-electron chi connectivity index (χ3n) is 5.07. The van der Waals surface area contributed by atoms with Gasteiger partial charge in [-0.2, -0.15) is 0 Å². The molecule has 0 saturated heterocycles. The number of methoxy groups -OCH3 is 1. The van der Waals surface area contributed by atoms with E-state index in [1.807, 2.05) is 18.2 Å². The second-order valence-corrected chi connectivity index (χ2v) is 6.94. The van der Waals surface area contributed by atoms with Gasteiger partial charge in [-0.3, -0.25) is 4.79 Å². The van der Waals surface area contributed by atoms with Crippen molar-refractivity contribution >= 4 is 12.0 Å². The number of hydrogen-bond donors (Lipinski definition) is 2. The Morgan fingerprint density at radius 1 is 1.22 bits per heavy atom. The molecule has 1 aromatic carbocycles. The number of carboxylic acid groups (broad SMARTS) is 1. The number of carbonyl (C=O) groups is 2. The smallest absolute Gasteiger partial charge is 0.317 e. The maximum Gasteiger partial charge on any atom is 0.317 e. The van der Waals surface area contributed by atoms with Crippen molar-refractivity contribution in [2.45, 2.75) is 38.3 Å². The fourth-order valence-corrected chi connectivity index (χ4v) is 3.46. The summed E-state index contributed by atoms with van der Waals surface area (Å²) in [7, 11) is 1.60. The summed E-state index contributed by atoms with van der Waals surface area (Å²) in [6, 6.07) is 5.49. The van der Waals surface area contributed by atoms with Crippen molar-refractivity contribution in [1.29, 1.82) is 0 Å². The molecule has 1 heterocycles. The van der Waals surface area contributed by atoms with Gasteiger partial charge >= 0.3 is 12.0 Å². The molecule has 8 heteroatoms. The molecular weight excluding hydrogens is 352 g/mol. The molecule has 0 atom stereocenters. The van der Waals surface area contributed by atoms with E-state index in [9.17, 15) is 9.59 Å². The lowest BCUT2D eigenvalue weighted by Gasteiger charge is -2.30. The van der Waals surface area contributed by atoms with Crippen molar-refractivity contribution in [3.63, 3.8) is 0 Å². The van der Waals surface area contributed by atoms with Crippen LogP contribution in [0.15, 0.2) is 18.2 Å². The van der Waals surface area contributed by atoms with Crippen molar-refractivity contribution in [2.24, 2.45) is 5.92 Å². The molecule has 1 aromatic rings. The molecule has 8 nitrogen and oxygen atoms in total. The fourth-order valence-electron chi connectivity index (χ4n) is 3.46. The number of nitrogens with one attached hydrogen (secondary N) is 1.